The third-order valence-electron chi connectivity index (χ3n) is 6.34. The minimum Gasteiger partial charge on any atom is -0.503 e. The number of furan rings is 1. The Bertz CT molecular complexity index is 1230. The summed E-state index contributed by atoms with van der Waals surface area (Å²) in [6.45, 7) is 4.37. The number of Topliss-reactive ketones (excluding diaryl/α,β-unsaturated/α-hetero) is 1. The largest absolute Gasteiger partial charge is 0.503 e. The Kier molecular flexibility index (Phi) is 6.54. The van der Waals surface area contributed by atoms with E-state index in [9.17, 15) is 14.7 Å². The van der Waals surface area contributed by atoms with Crippen LogP contribution >= 0.6 is 15.9 Å². The van der Waals surface area contributed by atoms with Gasteiger partial charge in [-0.15, -0.1) is 0 Å². The molecule has 2 aromatic carbocycles. The summed E-state index contributed by atoms with van der Waals surface area (Å²) < 4.78 is 12.0. The van der Waals surface area contributed by atoms with E-state index in [2.05, 4.69) is 20.8 Å². The number of carbonyl (C=O) groups excluding carboxylic acids is 2. The minimum absolute atomic E-state index is 0.0496. The Labute approximate surface area is 205 Å². The molecule has 1 saturated heterocycles. The van der Waals surface area contributed by atoms with Gasteiger partial charge in [0.25, 0.3) is 5.91 Å². The van der Waals surface area contributed by atoms with Gasteiger partial charge in [-0.1, -0.05) is 46.3 Å². The van der Waals surface area contributed by atoms with Crippen LogP contribution in [0, 0.1) is 0 Å². The smallest absolute Gasteiger partial charge is 0.290 e. The number of ether oxygens (including phenoxy) is 1. The molecule has 0 saturated carbocycles. The van der Waals surface area contributed by atoms with E-state index in [-0.39, 0.29) is 11.3 Å². The summed E-state index contributed by atoms with van der Waals surface area (Å²) in [5, 5.41) is 11.7. The lowest BCUT2D eigenvalue weighted by Crippen LogP contribution is -2.39. The van der Waals surface area contributed by atoms with Crippen LogP contribution in [0.25, 0.3) is 11.0 Å². The zero-order valence-corrected chi connectivity index (χ0v) is 20.2. The fourth-order valence-corrected chi connectivity index (χ4v) is 5.07. The maximum Gasteiger partial charge on any atom is 0.290 e. The Morgan fingerprint density at radius 2 is 1.85 bits per heavy atom. The number of aliphatic hydroxyl groups excluding tert-OH is 1. The van der Waals surface area contributed by atoms with Crippen LogP contribution in [0.15, 0.2) is 74.8 Å². The summed E-state index contributed by atoms with van der Waals surface area (Å²) in [6.07, 6.45) is 0.718. The van der Waals surface area contributed by atoms with Crippen LogP contribution in [0.5, 0.6) is 0 Å². The summed E-state index contributed by atoms with van der Waals surface area (Å²) in [6, 6.07) is 15.8. The molecule has 0 unspecified atom stereocenters. The second kappa shape index (κ2) is 9.74. The monoisotopic (exact) mass is 524 g/mol. The number of nitrogens with zero attached hydrogens (tertiary/aromatic N) is 2. The third-order valence-corrected chi connectivity index (χ3v) is 6.83. The van der Waals surface area contributed by atoms with Crippen LogP contribution in [0.4, 0.5) is 0 Å². The molecule has 3 aromatic rings. The molecule has 7 nitrogen and oxygen atoms in total. The average molecular weight is 525 g/mol. The van der Waals surface area contributed by atoms with E-state index in [1.807, 2.05) is 42.5 Å². The molecule has 2 aliphatic heterocycles. The SMILES string of the molecule is O=C(C1=C(O)C(=O)N(CCCN2CCOCC2)[C@H]1c1cccc(Br)c1)c1cc2ccccc2o1. The zero-order valence-electron chi connectivity index (χ0n) is 18.6. The van der Waals surface area contributed by atoms with Gasteiger partial charge in [0.05, 0.1) is 24.8 Å². The predicted molar refractivity (Wildman–Crippen MR) is 131 cm³/mol. The Morgan fingerprint density at radius 1 is 1.06 bits per heavy atom. The van der Waals surface area contributed by atoms with Crippen molar-refractivity contribution in [3.05, 3.63) is 81.7 Å². The molecule has 8 heteroatoms. The van der Waals surface area contributed by atoms with Crippen molar-refractivity contribution in [1.82, 2.24) is 9.80 Å². The predicted octanol–water partition coefficient (Wildman–Crippen LogP) is 4.50. The number of aliphatic hydroxyl groups is 1. The lowest BCUT2D eigenvalue weighted by atomic mass is 9.95. The van der Waals surface area contributed by atoms with Gasteiger partial charge in [0.15, 0.2) is 11.5 Å². The van der Waals surface area contributed by atoms with Crippen molar-refractivity contribution in [2.45, 2.75) is 12.5 Å². The van der Waals surface area contributed by atoms with E-state index >= 15 is 0 Å². The first-order valence-electron chi connectivity index (χ1n) is 11.4. The van der Waals surface area contributed by atoms with Crippen molar-refractivity contribution in [2.24, 2.45) is 0 Å². The lowest BCUT2D eigenvalue weighted by molar-refractivity contribution is -0.129. The number of fused-ring (bicyclic) bond motifs is 1. The standard InChI is InChI=1S/C26H25BrN2O5/c27-19-7-3-6-18(15-19)23-22(24(30)21-16-17-5-1-2-8-20(17)34-21)25(31)26(32)29(23)10-4-9-28-11-13-33-14-12-28/h1-3,5-8,15-16,23,31H,4,9-14H2/t23-/m0/s1. The Hall–Kier alpha value is -2.94. The molecule has 0 aliphatic carbocycles. The van der Waals surface area contributed by atoms with Gasteiger partial charge in [-0.05, 0) is 36.2 Å². The first-order chi connectivity index (χ1) is 16.5. The summed E-state index contributed by atoms with van der Waals surface area (Å²) in [4.78, 5) is 30.6. The highest BCUT2D eigenvalue weighted by atomic mass is 79.9. The molecule has 1 fully saturated rings. The van der Waals surface area contributed by atoms with Gasteiger partial charge in [0, 0.05) is 36.0 Å². The summed E-state index contributed by atoms with van der Waals surface area (Å²) in [5.41, 5.74) is 1.38. The number of morpholine rings is 1. The van der Waals surface area contributed by atoms with Crippen molar-refractivity contribution in [1.29, 1.82) is 0 Å². The molecule has 34 heavy (non-hydrogen) atoms. The quantitative estimate of drug-likeness (QED) is 0.458. The van der Waals surface area contributed by atoms with Crippen LogP contribution < -0.4 is 0 Å². The number of carbonyl (C=O) groups is 2. The van der Waals surface area contributed by atoms with Crippen molar-refractivity contribution in [2.75, 3.05) is 39.4 Å². The number of halogens is 1. The van der Waals surface area contributed by atoms with Crippen LogP contribution in [-0.2, 0) is 9.53 Å². The molecule has 2 aliphatic rings. The topological polar surface area (TPSA) is 83.2 Å². The lowest BCUT2D eigenvalue weighted by Gasteiger charge is -2.30. The number of para-hydroxylation sites is 1. The van der Waals surface area contributed by atoms with Crippen LogP contribution in [0.1, 0.15) is 28.6 Å². The normalized spacial score (nSPS) is 19.4. The van der Waals surface area contributed by atoms with E-state index in [1.165, 1.54) is 0 Å². The number of ketones is 1. The van der Waals surface area contributed by atoms with Crippen molar-refractivity contribution in [3.63, 3.8) is 0 Å². The second-order valence-corrected chi connectivity index (χ2v) is 9.42. The first-order valence-corrected chi connectivity index (χ1v) is 12.1. The maximum atomic E-state index is 13.6. The molecule has 1 N–H and O–H groups in total. The van der Waals surface area contributed by atoms with Gasteiger partial charge >= 0.3 is 0 Å². The summed E-state index contributed by atoms with van der Waals surface area (Å²) >= 11 is 3.49. The van der Waals surface area contributed by atoms with Crippen LogP contribution in [0.3, 0.4) is 0 Å². The molecule has 5 rings (SSSR count). The molecule has 1 amide bonds. The van der Waals surface area contributed by atoms with E-state index in [0.29, 0.717) is 25.3 Å². The molecule has 0 radical (unpaired) electrons. The van der Waals surface area contributed by atoms with Gasteiger partial charge in [-0.2, -0.15) is 0 Å². The highest BCUT2D eigenvalue weighted by Crippen LogP contribution is 2.40. The van der Waals surface area contributed by atoms with Gasteiger partial charge in [0.1, 0.15) is 5.58 Å². The molecule has 1 atom stereocenters. The number of hydrogen-bond acceptors (Lipinski definition) is 6. The number of rotatable bonds is 7. The van der Waals surface area contributed by atoms with Crippen molar-refractivity contribution < 1.29 is 23.8 Å². The van der Waals surface area contributed by atoms with Crippen LogP contribution in [-0.4, -0.2) is 66.0 Å². The Morgan fingerprint density at radius 3 is 2.62 bits per heavy atom. The van der Waals surface area contributed by atoms with Crippen molar-refractivity contribution in [3.8, 4) is 0 Å². The van der Waals surface area contributed by atoms with E-state index < -0.39 is 23.5 Å². The van der Waals surface area contributed by atoms with E-state index in [1.54, 1.807) is 17.0 Å². The molecule has 0 bridgehead atoms. The molecular formula is C26H25BrN2O5. The number of benzene rings is 2. The molecule has 176 valence electrons. The third kappa shape index (κ3) is 4.41. The maximum absolute atomic E-state index is 13.6. The van der Waals surface area contributed by atoms with E-state index in [4.69, 9.17) is 9.15 Å². The second-order valence-electron chi connectivity index (χ2n) is 8.50. The average Bonchev–Trinajstić information content (AvgIpc) is 3.39. The molecule has 0 spiro atoms. The fraction of sp³-hybridized carbons (Fsp3) is 0.308. The highest BCUT2D eigenvalue weighted by Gasteiger charge is 2.44. The minimum atomic E-state index is -0.699. The van der Waals surface area contributed by atoms with Crippen LogP contribution in [0.2, 0.25) is 0 Å². The van der Waals surface area contributed by atoms with Gasteiger partial charge < -0.3 is 19.2 Å². The first kappa shape index (κ1) is 22.8. The summed E-state index contributed by atoms with van der Waals surface area (Å²) in [5.74, 6) is -1.43. The fourth-order valence-electron chi connectivity index (χ4n) is 4.66. The van der Waals surface area contributed by atoms with Gasteiger partial charge in [0.2, 0.25) is 5.78 Å². The molecule has 3 heterocycles. The van der Waals surface area contributed by atoms with Gasteiger partial charge in [-0.25, -0.2) is 0 Å². The van der Waals surface area contributed by atoms with E-state index in [0.717, 1.165) is 41.5 Å². The van der Waals surface area contributed by atoms with Crippen molar-refractivity contribution >= 4 is 38.6 Å². The number of hydrogen-bond donors (Lipinski definition) is 1. The molecular weight excluding hydrogens is 500 g/mol. The Balaban J connectivity index is 1.45. The highest BCUT2D eigenvalue weighted by molar-refractivity contribution is 9.10. The molecule has 1 aromatic heterocycles. The summed E-state index contributed by atoms with van der Waals surface area (Å²) in [7, 11) is 0. The van der Waals surface area contributed by atoms with Gasteiger partial charge in [-0.3, -0.25) is 14.5 Å². The zero-order chi connectivity index (χ0) is 23.7. The number of amides is 1.